The van der Waals surface area contributed by atoms with E-state index in [1.54, 1.807) is 72.8 Å². The van der Waals surface area contributed by atoms with Gasteiger partial charge in [-0.3, -0.25) is 4.79 Å². The molecule has 7 rings (SSSR count). The highest BCUT2D eigenvalue weighted by Crippen LogP contribution is 2.49. The van der Waals surface area contributed by atoms with Crippen molar-refractivity contribution in [1.29, 1.82) is 0 Å². The van der Waals surface area contributed by atoms with Crippen molar-refractivity contribution in [2.75, 3.05) is 6.54 Å². The smallest absolute Gasteiger partial charge is 0.243 e. The Bertz CT molecular complexity index is 2220. The van der Waals surface area contributed by atoms with Gasteiger partial charge in [0.15, 0.2) is 0 Å². The number of hydrogen-bond acceptors (Lipinski definition) is 5. The molecule has 2 saturated heterocycles. The molecule has 48 heavy (non-hydrogen) atoms. The Balaban J connectivity index is 1.42. The number of Topliss-reactive ketones (excluding diaryl/α,β-unsaturated/α-hetero) is 1. The van der Waals surface area contributed by atoms with Crippen LogP contribution in [0.5, 0.6) is 0 Å². The molecular formula is C38H35ClN2O5S2. The van der Waals surface area contributed by atoms with Gasteiger partial charge in [-0.1, -0.05) is 102 Å². The maximum Gasteiger partial charge on any atom is 0.243 e. The van der Waals surface area contributed by atoms with Crippen molar-refractivity contribution < 1.29 is 21.6 Å². The van der Waals surface area contributed by atoms with Crippen LogP contribution < -0.4 is 0 Å². The van der Waals surface area contributed by atoms with Gasteiger partial charge in [-0.25, -0.2) is 16.8 Å². The summed E-state index contributed by atoms with van der Waals surface area (Å²) < 4.78 is 61.5. The van der Waals surface area contributed by atoms with E-state index >= 15 is 0 Å². The number of sulfonamides is 2. The summed E-state index contributed by atoms with van der Waals surface area (Å²) in [6, 6.07) is 31.5. The van der Waals surface area contributed by atoms with Crippen molar-refractivity contribution in [3.05, 3.63) is 143 Å². The molecule has 246 valence electrons. The fourth-order valence-corrected chi connectivity index (χ4v) is 10.9. The Morgan fingerprint density at radius 1 is 0.667 bits per heavy atom. The maximum atomic E-state index is 14.8. The molecule has 0 aliphatic carbocycles. The molecule has 2 heterocycles. The SMILES string of the molecule is Cc1ccc(S(=O)(=O)N2C[C@H]3C(=O)C[C@@H](c4ccc(Cl)cc4)N(S(=O)(=O)c4ccc(C)cc4)[C@H]3C[C@H]2c2cccc3ccccc23)cc1. The first-order chi connectivity index (χ1) is 22.9. The predicted molar refractivity (Wildman–Crippen MR) is 188 cm³/mol. The Labute approximate surface area is 286 Å². The number of rotatable bonds is 6. The summed E-state index contributed by atoms with van der Waals surface area (Å²) in [5.41, 5.74) is 3.25. The first kappa shape index (κ1) is 32.7. The van der Waals surface area contributed by atoms with Crippen molar-refractivity contribution in [2.24, 2.45) is 5.92 Å². The molecule has 0 spiro atoms. The zero-order valence-electron chi connectivity index (χ0n) is 26.5. The number of carbonyl (C=O) groups is 1. The molecule has 0 aromatic heterocycles. The minimum atomic E-state index is -4.16. The fraction of sp³-hybridized carbons (Fsp3) is 0.237. The topological polar surface area (TPSA) is 91.8 Å². The summed E-state index contributed by atoms with van der Waals surface area (Å²) in [4.78, 5) is 14.4. The van der Waals surface area contributed by atoms with E-state index in [2.05, 4.69) is 0 Å². The molecule has 0 bridgehead atoms. The van der Waals surface area contributed by atoms with Crippen molar-refractivity contribution in [3.63, 3.8) is 0 Å². The third-order valence-electron chi connectivity index (χ3n) is 9.76. The quantitative estimate of drug-likeness (QED) is 0.182. The van der Waals surface area contributed by atoms with Crippen LogP contribution in [0.2, 0.25) is 5.02 Å². The highest BCUT2D eigenvalue weighted by molar-refractivity contribution is 7.89. The third kappa shape index (κ3) is 5.77. The minimum Gasteiger partial charge on any atom is -0.299 e. The molecule has 2 aliphatic rings. The number of benzene rings is 5. The van der Waals surface area contributed by atoms with Crippen LogP contribution in [-0.2, 0) is 24.8 Å². The molecule has 0 unspecified atom stereocenters. The lowest BCUT2D eigenvalue weighted by Crippen LogP contribution is -2.60. The van der Waals surface area contributed by atoms with Gasteiger partial charge in [0.05, 0.1) is 21.9 Å². The Hall–Kier alpha value is -3.86. The number of halogens is 1. The molecule has 5 aromatic rings. The monoisotopic (exact) mass is 698 g/mol. The molecule has 5 aromatic carbocycles. The number of fused-ring (bicyclic) bond motifs is 2. The largest absolute Gasteiger partial charge is 0.299 e. The first-order valence-electron chi connectivity index (χ1n) is 15.9. The van der Waals surface area contributed by atoms with Gasteiger partial charge in [-0.2, -0.15) is 8.61 Å². The molecule has 7 nitrogen and oxygen atoms in total. The van der Waals surface area contributed by atoms with E-state index in [-0.39, 0.29) is 35.0 Å². The highest BCUT2D eigenvalue weighted by Gasteiger charge is 2.54. The van der Waals surface area contributed by atoms with Crippen LogP contribution in [0.15, 0.2) is 125 Å². The van der Waals surface area contributed by atoms with E-state index < -0.39 is 44.1 Å². The molecule has 0 amide bonds. The normalized spacial score (nSPS) is 22.4. The minimum absolute atomic E-state index is 0.0880. The predicted octanol–water partition coefficient (Wildman–Crippen LogP) is 7.64. The molecule has 0 N–H and O–H groups in total. The number of carbonyl (C=O) groups excluding carboxylic acids is 1. The maximum absolute atomic E-state index is 14.8. The molecule has 0 saturated carbocycles. The van der Waals surface area contributed by atoms with Crippen molar-refractivity contribution in [1.82, 2.24) is 8.61 Å². The van der Waals surface area contributed by atoms with Gasteiger partial charge in [-0.15, -0.1) is 0 Å². The summed E-state index contributed by atoms with van der Waals surface area (Å²) in [5, 5.41) is 2.31. The van der Waals surface area contributed by atoms with E-state index in [4.69, 9.17) is 11.6 Å². The standard InChI is InChI=1S/C38H35ClN2O5S2/c1-25-10-18-30(19-11-25)47(43,44)40-24-34-37(22-36(40)33-9-5-7-27-6-3-4-8-32(27)33)41(48(45,46)31-20-12-26(2)13-21-31)35(23-38(34)42)28-14-16-29(39)17-15-28/h3-21,34-37H,22-24H2,1-2H3/t34-,35+,36+,37+/m1/s1. The second kappa shape index (κ2) is 12.5. The summed E-state index contributed by atoms with van der Waals surface area (Å²) in [5.74, 6) is -1.05. The Morgan fingerprint density at radius 2 is 1.25 bits per heavy atom. The van der Waals surface area contributed by atoms with Crippen LogP contribution in [-0.4, -0.2) is 43.8 Å². The van der Waals surface area contributed by atoms with Gasteiger partial charge >= 0.3 is 0 Å². The molecule has 2 fully saturated rings. The van der Waals surface area contributed by atoms with E-state index in [0.29, 0.717) is 10.6 Å². The molecule has 2 aliphatic heterocycles. The zero-order valence-corrected chi connectivity index (χ0v) is 28.9. The lowest BCUT2D eigenvalue weighted by molar-refractivity contribution is -0.132. The van der Waals surface area contributed by atoms with Gasteiger partial charge in [0, 0.05) is 29.9 Å². The van der Waals surface area contributed by atoms with Gasteiger partial charge in [-0.05, 0) is 78.6 Å². The average molecular weight is 699 g/mol. The van der Waals surface area contributed by atoms with Crippen molar-refractivity contribution in [2.45, 2.75) is 54.6 Å². The van der Waals surface area contributed by atoms with Gasteiger partial charge < -0.3 is 0 Å². The van der Waals surface area contributed by atoms with Crippen molar-refractivity contribution >= 4 is 48.2 Å². The lowest BCUT2D eigenvalue weighted by atomic mass is 9.77. The van der Waals surface area contributed by atoms with E-state index in [1.165, 1.54) is 8.61 Å². The summed E-state index contributed by atoms with van der Waals surface area (Å²) in [6.45, 7) is 3.63. The second-order valence-corrected chi connectivity index (χ2v) is 16.9. The van der Waals surface area contributed by atoms with Crippen LogP contribution in [0.4, 0.5) is 0 Å². The van der Waals surface area contributed by atoms with Crippen LogP contribution in [0.3, 0.4) is 0 Å². The first-order valence-corrected chi connectivity index (χ1v) is 19.2. The van der Waals surface area contributed by atoms with Crippen LogP contribution >= 0.6 is 11.6 Å². The van der Waals surface area contributed by atoms with Crippen LogP contribution in [0.25, 0.3) is 10.8 Å². The number of piperidine rings is 2. The van der Waals surface area contributed by atoms with Crippen LogP contribution in [0, 0.1) is 19.8 Å². The van der Waals surface area contributed by atoms with E-state index in [0.717, 1.165) is 27.5 Å². The number of hydrogen-bond donors (Lipinski definition) is 0. The Morgan fingerprint density at radius 3 is 1.90 bits per heavy atom. The zero-order chi connectivity index (χ0) is 33.8. The number of nitrogens with zero attached hydrogens (tertiary/aromatic N) is 2. The van der Waals surface area contributed by atoms with E-state index in [9.17, 15) is 21.6 Å². The molecule has 0 radical (unpaired) electrons. The average Bonchev–Trinajstić information content (AvgIpc) is 3.08. The van der Waals surface area contributed by atoms with Gasteiger partial charge in [0.25, 0.3) is 0 Å². The highest BCUT2D eigenvalue weighted by atomic mass is 35.5. The number of aryl methyl sites for hydroxylation is 2. The van der Waals surface area contributed by atoms with E-state index in [1.807, 2.05) is 56.3 Å². The fourth-order valence-electron chi connectivity index (χ4n) is 7.28. The molecule has 10 heteroatoms. The van der Waals surface area contributed by atoms with Crippen molar-refractivity contribution in [3.8, 4) is 0 Å². The van der Waals surface area contributed by atoms with Gasteiger partial charge in [0.1, 0.15) is 5.78 Å². The number of ketones is 1. The molecule has 4 atom stereocenters. The lowest BCUT2D eigenvalue weighted by Gasteiger charge is -2.51. The summed E-state index contributed by atoms with van der Waals surface area (Å²) >= 11 is 6.22. The molecular weight excluding hydrogens is 664 g/mol. The van der Waals surface area contributed by atoms with Gasteiger partial charge in [0.2, 0.25) is 20.0 Å². The summed E-state index contributed by atoms with van der Waals surface area (Å²) in [7, 11) is -8.26. The Kier molecular flexibility index (Phi) is 8.54. The third-order valence-corrected chi connectivity index (χ3v) is 13.8. The summed E-state index contributed by atoms with van der Waals surface area (Å²) in [6.07, 6.45) is -0.00404. The van der Waals surface area contributed by atoms with Crippen LogP contribution in [0.1, 0.15) is 47.2 Å². The second-order valence-electron chi connectivity index (χ2n) is 12.8.